The zero-order valence-corrected chi connectivity index (χ0v) is 17.5. The van der Waals surface area contributed by atoms with Gasteiger partial charge in [0.25, 0.3) is 0 Å². The lowest BCUT2D eigenvalue weighted by Gasteiger charge is -2.13. The third-order valence-corrected chi connectivity index (χ3v) is 5.49. The van der Waals surface area contributed by atoms with Crippen LogP contribution in [-0.2, 0) is 11.2 Å². The van der Waals surface area contributed by atoms with E-state index >= 15 is 0 Å². The second-order valence-electron chi connectivity index (χ2n) is 6.64. The zero-order valence-electron chi connectivity index (χ0n) is 16.7. The van der Waals surface area contributed by atoms with Crippen LogP contribution < -0.4 is 15.0 Å². The van der Waals surface area contributed by atoms with Crippen LogP contribution in [0.15, 0.2) is 53.6 Å². The molecule has 0 fully saturated rings. The van der Waals surface area contributed by atoms with Crippen molar-refractivity contribution in [3.63, 3.8) is 0 Å². The molecule has 146 valence electrons. The molecule has 28 heavy (non-hydrogen) atoms. The SMILES string of the molecule is CCc1cc2ccc(OC)cc2nc1SCC(=O)Nc1ccc(N(C)C)cc1. The molecular formula is C22H25N3O2S. The van der Waals surface area contributed by atoms with Crippen LogP contribution in [-0.4, -0.2) is 37.8 Å². The topological polar surface area (TPSA) is 54.5 Å². The molecule has 0 atom stereocenters. The van der Waals surface area contributed by atoms with E-state index in [2.05, 4.69) is 18.3 Å². The molecule has 3 rings (SSSR count). The summed E-state index contributed by atoms with van der Waals surface area (Å²) in [5.41, 5.74) is 3.91. The lowest BCUT2D eigenvalue weighted by molar-refractivity contribution is -0.113. The van der Waals surface area contributed by atoms with Crippen LogP contribution in [0.3, 0.4) is 0 Å². The third-order valence-electron chi connectivity index (χ3n) is 4.45. The maximum absolute atomic E-state index is 12.4. The highest BCUT2D eigenvalue weighted by Gasteiger charge is 2.10. The van der Waals surface area contributed by atoms with E-state index in [0.29, 0.717) is 5.75 Å². The van der Waals surface area contributed by atoms with Gasteiger partial charge in [0.15, 0.2) is 0 Å². The van der Waals surface area contributed by atoms with Gasteiger partial charge in [-0.05, 0) is 54.4 Å². The first-order valence-corrected chi connectivity index (χ1v) is 10.2. The number of rotatable bonds is 7. The summed E-state index contributed by atoms with van der Waals surface area (Å²) in [5, 5.41) is 4.91. The Kier molecular flexibility index (Phi) is 6.41. The minimum absolute atomic E-state index is 0.0443. The van der Waals surface area contributed by atoms with Gasteiger partial charge in [-0.3, -0.25) is 4.79 Å². The fraction of sp³-hybridized carbons (Fsp3) is 0.273. The van der Waals surface area contributed by atoms with Crippen LogP contribution in [0.5, 0.6) is 5.75 Å². The summed E-state index contributed by atoms with van der Waals surface area (Å²) in [5.74, 6) is 1.04. The fourth-order valence-electron chi connectivity index (χ4n) is 2.85. The summed E-state index contributed by atoms with van der Waals surface area (Å²) in [4.78, 5) is 19.2. The molecule has 1 heterocycles. The van der Waals surface area contributed by atoms with Gasteiger partial charge in [0.2, 0.25) is 5.91 Å². The Morgan fingerprint density at radius 3 is 2.54 bits per heavy atom. The molecule has 0 saturated heterocycles. The molecule has 2 aromatic carbocycles. The van der Waals surface area contributed by atoms with Crippen molar-refractivity contribution in [2.24, 2.45) is 0 Å². The summed E-state index contributed by atoms with van der Waals surface area (Å²) in [6, 6.07) is 15.8. The standard InChI is InChI=1S/C22H25N3O2S/c1-5-15-12-16-6-11-19(27-4)13-20(16)24-22(15)28-14-21(26)23-17-7-9-18(10-8-17)25(2)3/h6-13H,5,14H2,1-4H3,(H,23,26). The summed E-state index contributed by atoms with van der Waals surface area (Å²) in [6.45, 7) is 2.10. The number of nitrogens with one attached hydrogen (secondary N) is 1. The molecular weight excluding hydrogens is 370 g/mol. The van der Waals surface area contributed by atoms with E-state index in [1.54, 1.807) is 7.11 Å². The predicted molar refractivity (Wildman–Crippen MR) is 118 cm³/mol. The number of anilines is 2. The highest BCUT2D eigenvalue weighted by Crippen LogP contribution is 2.28. The van der Waals surface area contributed by atoms with Crippen molar-refractivity contribution in [3.05, 3.63) is 54.1 Å². The van der Waals surface area contributed by atoms with Crippen molar-refractivity contribution in [1.82, 2.24) is 4.98 Å². The first kappa shape index (κ1) is 20.0. The molecule has 6 heteroatoms. The van der Waals surface area contributed by atoms with E-state index in [0.717, 1.165) is 45.0 Å². The van der Waals surface area contributed by atoms with Gasteiger partial charge in [-0.2, -0.15) is 0 Å². The first-order valence-electron chi connectivity index (χ1n) is 9.18. The molecule has 5 nitrogen and oxygen atoms in total. The number of hydrogen-bond donors (Lipinski definition) is 1. The van der Waals surface area contributed by atoms with E-state index in [9.17, 15) is 4.79 Å². The fourth-order valence-corrected chi connectivity index (χ4v) is 3.74. The lowest BCUT2D eigenvalue weighted by atomic mass is 10.1. The van der Waals surface area contributed by atoms with Crippen LogP contribution in [0.2, 0.25) is 0 Å². The predicted octanol–water partition coefficient (Wildman–Crippen LogP) is 4.60. The van der Waals surface area contributed by atoms with Crippen molar-refractivity contribution < 1.29 is 9.53 Å². The van der Waals surface area contributed by atoms with Gasteiger partial charge in [-0.1, -0.05) is 18.7 Å². The van der Waals surface area contributed by atoms with Crippen molar-refractivity contribution in [1.29, 1.82) is 0 Å². The maximum atomic E-state index is 12.4. The smallest absolute Gasteiger partial charge is 0.234 e. The molecule has 0 spiro atoms. The summed E-state index contributed by atoms with van der Waals surface area (Å²) >= 11 is 1.46. The molecule has 3 aromatic rings. The van der Waals surface area contributed by atoms with Crippen LogP contribution in [0.1, 0.15) is 12.5 Å². The Morgan fingerprint density at radius 2 is 1.89 bits per heavy atom. The molecule has 1 N–H and O–H groups in total. The molecule has 0 saturated carbocycles. The van der Waals surface area contributed by atoms with Gasteiger partial charge in [-0.15, -0.1) is 0 Å². The third kappa shape index (κ3) is 4.75. The average molecular weight is 396 g/mol. The molecule has 0 bridgehead atoms. The average Bonchev–Trinajstić information content (AvgIpc) is 2.71. The van der Waals surface area contributed by atoms with Crippen LogP contribution in [0, 0.1) is 0 Å². The Labute approximate surface area is 170 Å². The van der Waals surface area contributed by atoms with Gasteiger partial charge in [0.1, 0.15) is 10.8 Å². The molecule has 1 amide bonds. The van der Waals surface area contributed by atoms with E-state index in [-0.39, 0.29) is 5.91 Å². The molecule has 0 aliphatic rings. The van der Waals surface area contributed by atoms with Crippen molar-refractivity contribution in [2.45, 2.75) is 18.4 Å². The highest BCUT2D eigenvalue weighted by molar-refractivity contribution is 8.00. The zero-order chi connectivity index (χ0) is 20.1. The number of carbonyl (C=O) groups excluding carboxylic acids is 1. The van der Waals surface area contributed by atoms with E-state index in [1.165, 1.54) is 11.8 Å². The lowest BCUT2D eigenvalue weighted by Crippen LogP contribution is -2.14. The Morgan fingerprint density at radius 1 is 1.14 bits per heavy atom. The number of aryl methyl sites for hydroxylation is 1. The minimum Gasteiger partial charge on any atom is -0.497 e. The van der Waals surface area contributed by atoms with Gasteiger partial charge in [0.05, 0.1) is 18.4 Å². The second-order valence-corrected chi connectivity index (χ2v) is 7.61. The number of pyridine rings is 1. The first-order chi connectivity index (χ1) is 13.5. The number of benzene rings is 2. The molecule has 0 aliphatic heterocycles. The number of fused-ring (bicyclic) bond motifs is 1. The van der Waals surface area contributed by atoms with Gasteiger partial charge >= 0.3 is 0 Å². The Hall–Kier alpha value is -2.73. The van der Waals surface area contributed by atoms with Crippen molar-refractivity contribution in [2.75, 3.05) is 37.2 Å². The van der Waals surface area contributed by atoms with Gasteiger partial charge < -0.3 is 15.0 Å². The molecule has 0 aliphatic carbocycles. The van der Waals surface area contributed by atoms with Gasteiger partial charge in [0, 0.05) is 36.9 Å². The van der Waals surface area contributed by atoms with Crippen LogP contribution >= 0.6 is 11.8 Å². The molecule has 0 unspecified atom stereocenters. The van der Waals surface area contributed by atoms with E-state index in [4.69, 9.17) is 9.72 Å². The number of methoxy groups -OCH3 is 1. The number of hydrogen-bond acceptors (Lipinski definition) is 5. The highest BCUT2D eigenvalue weighted by atomic mass is 32.2. The van der Waals surface area contributed by atoms with Crippen LogP contribution in [0.4, 0.5) is 11.4 Å². The molecule has 1 aromatic heterocycles. The number of aromatic nitrogens is 1. The summed E-state index contributed by atoms with van der Waals surface area (Å²) in [6.07, 6.45) is 0.866. The maximum Gasteiger partial charge on any atom is 0.234 e. The largest absolute Gasteiger partial charge is 0.497 e. The van der Waals surface area contributed by atoms with Crippen molar-refractivity contribution >= 4 is 39.9 Å². The number of thioether (sulfide) groups is 1. The summed E-state index contributed by atoms with van der Waals surface area (Å²) < 4.78 is 5.29. The second kappa shape index (κ2) is 8.97. The quantitative estimate of drug-likeness (QED) is 0.593. The minimum atomic E-state index is -0.0443. The van der Waals surface area contributed by atoms with E-state index < -0.39 is 0 Å². The normalized spacial score (nSPS) is 10.7. The number of amides is 1. The van der Waals surface area contributed by atoms with Gasteiger partial charge in [-0.25, -0.2) is 4.98 Å². The number of nitrogens with zero attached hydrogens (tertiary/aromatic N) is 2. The number of carbonyl (C=O) groups is 1. The summed E-state index contributed by atoms with van der Waals surface area (Å²) in [7, 11) is 5.62. The van der Waals surface area contributed by atoms with Crippen molar-refractivity contribution in [3.8, 4) is 5.75 Å². The van der Waals surface area contributed by atoms with E-state index in [1.807, 2.05) is 61.5 Å². The van der Waals surface area contributed by atoms with Crippen LogP contribution in [0.25, 0.3) is 10.9 Å². The monoisotopic (exact) mass is 395 g/mol. The number of ether oxygens (including phenoxy) is 1. The Bertz CT molecular complexity index is 971. The molecule has 0 radical (unpaired) electrons. The Balaban J connectivity index is 1.70.